The number of hydrogen-bond acceptors (Lipinski definition) is 2. The molecule has 0 radical (unpaired) electrons. The van der Waals surface area contributed by atoms with Crippen LogP contribution in [0.3, 0.4) is 0 Å². The summed E-state index contributed by atoms with van der Waals surface area (Å²) in [5, 5.41) is 0. The molecule has 0 saturated carbocycles. The van der Waals surface area contributed by atoms with Crippen molar-refractivity contribution in [1.29, 1.82) is 0 Å². The zero-order valence-corrected chi connectivity index (χ0v) is 15.0. The fourth-order valence-corrected chi connectivity index (χ4v) is 3.81. The Kier molecular flexibility index (Phi) is 5.52. The highest BCUT2D eigenvalue weighted by atomic mass is 32.2. The zero-order valence-electron chi connectivity index (χ0n) is 14.2. The van der Waals surface area contributed by atoms with Crippen LogP contribution in [-0.4, -0.2) is 23.3 Å². The zero-order chi connectivity index (χ0) is 18.7. The van der Waals surface area contributed by atoms with Gasteiger partial charge in [0.1, 0.15) is 0 Å². The molecule has 2 N–H and O–H groups in total. The summed E-state index contributed by atoms with van der Waals surface area (Å²) in [7, 11) is 0. The molecule has 0 aliphatic carbocycles. The molecule has 0 spiro atoms. The third-order valence-corrected chi connectivity index (χ3v) is 5.24. The minimum atomic E-state index is -4.38. The second-order valence-electron chi connectivity index (χ2n) is 6.22. The Balaban J connectivity index is 1.51. The molecule has 8 heteroatoms. The number of hydrogen-bond donors (Lipinski definition) is 2. The average molecular weight is 383 g/mol. The van der Waals surface area contributed by atoms with Gasteiger partial charge in [-0.1, -0.05) is 18.2 Å². The van der Waals surface area contributed by atoms with Crippen molar-refractivity contribution in [1.82, 2.24) is 4.72 Å². The van der Waals surface area contributed by atoms with E-state index in [9.17, 15) is 17.4 Å². The summed E-state index contributed by atoms with van der Waals surface area (Å²) in [6, 6.07) is 12.8. The van der Waals surface area contributed by atoms with Crippen molar-refractivity contribution in [2.45, 2.75) is 25.6 Å². The van der Waals surface area contributed by atoms with Gasteiger partial charge in [0.25, 0.3) is 0 Å². The van der Waals surface area contributed by atoms with Crippen molar-refractivity contribution in [2.24, 2.45) is 0 Å². The summed E-state index contributed by atoms with van der Waals surface area (Å²) in [5.74, 6) is 0. The molecule has 0 saturated heterocycles. The van der Waals surface area contributed by atoms with E-state index in [1.807, 2.05) is 19.1 Å². The number of para-hydroxylation sites is 1. The van der Waals surface area contributed by atoms with E-state index in [0.717, 1.165) is 25.1 Å². The molecule has 140 valence electrons. The standard InChI is InChI=1S/C18H20F3N3OS/c1-13(24-11-10-14-4-2-3-5-17(14)24)12-22-26(25)23-16-8-6-15(7-9-16)18(19,20)21/h2-9,13,22-23H,10-12H2,1H3. The molecule has 0 bridgehead atoms. The second-order valence-corrected chi connectivity index (χ2v) is 7.25. The highest BCUT2D eigenvalue weighted by Gasteiger charge is 2.30. The number of rotatable bonds is 6. The Morgan fingerprint density at radius 1 is 1.15 bits per heavy atom. The minimum Gasteiger partial charge on any atom is -0.367 e. The van der Waals surface area contributed by atoms with Crippen molar-refractivity contribution in [2.75, 3.05) is 22.7 Å². The van der Waals surface area contributed by atoms with E-state index < -0.39 is 22.9 Å². The van der Waals surface area contributed by atoms with Crippen molar-refractivity contribution < 1.29 is 17.4 Å². The van der Waals surface area contributed by atoms with Crippen LogP contribution in [0.5, 0.6) is 0 Å². The lowest BCUT2D eigenvalue weighted by molar-refractivity contribution is -0.137. The van der Waals surface area contributed by atoms with E-state index in [1.165, 1.54) is 23.4 Å². The molecule has 1 aliphatic rings. The molecule has 1 aliphatic heterocycles. The summed E-state index contributed by atoms with van der Waals surface area (Å²) < 4.78 is 55.3. The lowest BCUT2D eigenvalue weighted by Crippen LogP contribution is -2.41. The smallest absolute Gasteiger partial charge is 0.367 e. The molecule has 2 unspecified atom stereocenters. The van der Waals surface area contributed by atoms with Crippen LogP contribution in [0.15, 0.2) is 48.5 Å². The SMILES string of the molecule is CC(CNS(=O)Nc1ccc(C(F)(F)F)cc1)N1CCc2ccccc21. The lowest BCUT2D eigenvalue weighted by Gasteiger charge is -2.27. The predicted molar refractivity (Wildman–Crippen MR) is 98.2 cm³/mol. The first-order valence-electron chi connectivity index (χ1n) is 8.28. The van der Waals surface area contributed by atoms with Crippen LogP contribution in [0.2, 0.25) is 0 Å². The number of alkyl halides is 3. The maximum Gasteiger partial charge on any atom is 0.416 e. The predicted octanol–water partition coefficient (Wildman–Crippen LogP) is 3.74. The summed E-state index contributed by atoms with van der Waals surface area (Å²) in [6.07, 6.45) is -3.38. The van der Waals surface area contributed by atoms with Gasteiger partial charge in [0.15, 0.2) is 11.2 Å². The quantitative estimate of drug-likeness (QED) is 0.798. The third kappa shape index (κ3) is 4.37. The Morgan fingerprint density at radius 3 is 2.54 bits per heavy atom. The van der Waals surface area contributed by atoms with Gasteiger partial charge in [-0.15, -0.1) is 0 Å². The van der Waals surface area contributed by atoms with Crippen LogP contribution < -0.4 is 14.3 Å². The molecule has 2 aromatic carbocycles. The first-order valence-corrected chi connectivity index (χ1v) is 9.43. The van der Waals surface area contributed by atoms with Crippen molar-refractivity contribution in [3.63, 3.8) is 0 Å². The van der Waals surface area contributed by atoms with Crippen LogP contribution in [0, 0.1) is 0 Å². The van der Waals surface area contributed by atoms with Gasteiger partial charge in [0, 0.05) is 30.5 Å². The van der Waals surface area contributed by atoms with Crippen LogP contribution >= 0.6 is 0 Å². The van der Waals surface area contributed by atoms with Crippen LogP contribution in [0.4, 0.5) is 24.5 Å². The fraction of sp³-hybridized carbons (Fsp3) is 0.333. The van der Waals surface area contributed by atoms with Gasteiger partial charge < -0.3 is 4.90 Å². The summed E-state index contributed by atoms with van der Waals surface area (Å²) >= 11 is -1.59. The first kappa shape index (κ1) is 18.7. The van der Waals surface area contributed by atoms with Gasteiger partial charge in [-0.2, -0.15) is 13.2 Å². The highest BCUT2D eigenvalue weighted by molar-refractivity contribution is 7.84. The van der Waals surface area contributed by atoms with Gasteiger partial charge in [0.2, 0.25) is 0 Å². The second kappa shape index (κ2) is 7.67. The molecule has 4 nitrogen and oxygen atoms in total. The van der Waals surface area contributed by atoms with E-state index in [2.05, 4.69) is 26.5 Å². The third-order valence-electron chi connectivity index (χ3n) is 4.39. The lowest BCUT2D eigenvalue weighted by atomic mass is 10.2. The van der Waals surface area contributed by atoms with Crippen molar-refractivity contribution in [3.8, 4) is 0 Å². The van der Waals surface area contributed by atoms with Gasteiger partial charge in [-0.3, -0.25) is 4.72 Å². The first-order chi connectivity index (χ1) is 12.3. The van der Waals surface area contributed by atoms with Crippen molar-refractivity contribution in [3.05, 3.63) is 59.7 Å². The maximum atomic E-state index is 12.5. The molecule has 2 aromatic rings. The van der Waals surface area contributed by atoms with E-state index >= 15 is 0 Å². The number of halogens is 3. The van der Waals surface area contributed by atoms with Gasteiger partial charge in [-0.05, 0) is 49.2 Å². The minimum absolute atomic E-state index is 0.136. The molecule has 3 rings (SSSR count). The molecule has 26 heavy (non-hydrogen) atoms. The van der Waals surface area contributed by atoms with Gasteiger partial charge >= 0.3 is 6.18 Å². The molecular weight excluding hydrogens is 363 g/mol. The average Bonchev–Trinajstić information content (AvgIpc) is 3.03. The van der Waals surface area contributed by atoms with Gasteiger partial charge in [-0.25, -0.2) is 8.93 Å². The monoisotopic (exact) mass is 383 g/mol. The number of nitrogens with one attached hydrogen (secondary N) is 2. The van der Waals surface area contributed by atoms with Crippen LogP contribution in [-0.2, 0) is 23.8 Å². The topological polar surface area (TPSA) is 44.4 Å². The Hall–Kier alpha value is -2.06. The molecule has 0 aromatic heterocycles. The normalized spacial score (nSPS) is 16.2. The summed E-state index contributed by atoms with van der Waals surface area (Å²) in [6.45, 7) is 3.44. The van der Waals surface area contributed by atoms with Crippen molar-refractivity contribution >= 4 is 22.5 Å². The molecule has 0 amide bonds. The Morgan fingerprint density at radius 2 is 1.85 bits per heavy atom. The maximum absolute atomic E-state index is 12.5. The molecule has 0 fully saturated rings. The van der Waals surface area contributed by atoms with E-state index in [-0.39, 0.29) is 6.04 Å². The van der Waals surface area contributed by atoms with Crippen LogP contribution in [0.1, 0.15) is 18.1 Å². The van der Waals surface area contributed by atoms with E-state index in [0.29, 0.717) is 12.2 Å². The molecule has 1 heterocycles. The number of nitrogens with zero attached hydrogens (tertiary/aromatic N) is 1. The highest BCUT2D eigenvalue weighted by Crippen LogP contribution is 2.30. The molecule has 2 atom stereocenters. The van der Waals surface area contributed by atoms with E-state index in [1.54, 1.807) is 0 Å². The Bertz CT molecular complexity index is 780. The van der Waals surface area contributed by atoms with Crippen LogP contribution in [0.25, 0.3) is 0 Å². The Labute approximate surface area is 153 Å². The number of anilines is 2. The summed E-state index contributed by atoms with van der Waals surface area (Å²) in [4.78, 5) is 2.26. The van der Waals surface area contributed by atoms with E-state index in [4.69, 9.17) is 0 Å². The number of benzene rings is 2. The summed E-state index contributed by atoms with van der Waals surface area (Å²) in [5.41, 5.74) is 2.14. The number of fused-ring (bicyclic) bond motifs is 1. The van der Waals surface area contributed by atoms with Gasteiger partial charge in [0.05, 0.1) is 5.56 Å². The molecular formula is C18H20F3N3OS. The largest absolute Gasteiger partial charge is 0.416 e. The fourth-order valence-electron chi connectivity index (χ4n) is 3.00.